The Morgan fingerprint density at radius 2 is 2.06 bits per heavy atom. The van der Waals surface area contributed by atoms with E-state index in [4.69, 9.17) is 4.74 Å². The van der Waals surface area contributed by atoms with Crippen molar-refractivity contribution in [2.24, 2.45) is 5.92 Å². The number of amides is 2. The zero-order valence-corrected chi connectivity index (χ0v) is 19.0. The highest BCUT2D eigenvalue weighted by molar-refractivity contribution is 7.89. The first kappa shape index (κ1) is 21.8. The third-order valence-electron chi connectivity index (χ3n) is 5.67. The van der Waals surface area contributed by atoms with E-state index in [-0.39, 0.29) is 35.7 Å². The lowest BCUT2D eigenvalue weighted by Crippen LogP contribution is -2.43. The Bertz CT molecular complexity index is 1090. The molecule has 2 aliphatic rings. The number of benzene rings is 1. The zero-order valence-electron chi connectivity index (χ0n) is 17.4. The molecule has 31 heavy (non-hydrogen) atoms. The van der Waals surface area contributed by atoms with Gasteiger partial charge >= 0.3 is 0 Å². The summed E-state index contributed by atoms with van der Waals surface area (Å²) in [4.78, 5) is 25.5. The van der Waals surface area contributed by atoms with E-state index in [2.05, 4.69) is 10.6 Å². The maximum absolute atomic E-state index is 13.3. The highest BCUT2D eigenvalue weighted by Gasteiger charge is 2.34. The average molecular weight is 464 g/mol. The molecule has 0 aliphatic carbocycles. The molecule has 8 nitrogen and oxygen atoms in total. The van der Waals surface area contributed by atoms with Crippen LogP contribution in [-0.4, -0.2) is 43.7 Å². The molecule has 3 heterocycles. The number of ether oxygens (including phenoxy) is 1. The molecule has 0 saturated carbocycles. The first-order valence-corrected chi connectivity index (χ1v) is 12.5. The second kappa shape index (κ2) is 8.60. The zero-order chi connectivity index (χ0) is 22.2. The second-order valence-corrected chi connectivity index (χ2v) is 10.8. The first-order valence-electron chi connectivity index (χ1n) is 10.2. The number of piperidine rings is 1. The van der Waals surface area contributed by atoms with Crippen molar-refractivity contribution in [1.82, 2.24) is 9.62 Å². The van der Waals surface area contributed by atoms with Crippen LogP contribution in [0.15, 0.2) is 34.5 Å². The Morgan fingerprint density at radius 3 is 2.74 bits per heavy atom. The van der Waals surface area contributed by atoms with Crippen molar-refractivity contribution in [1.29, 1.82) is 0 Å². The van der Waals surface area contributed by atoms with Crippen LogP contribution >= 0.6 is 11.3 Å². The fourth-order valence-electron chi connectivity index (χ4n) is 3.85. The predicted molar refractivity (Wildman–Crippen MR) is 118 cm³/mol. The van der Waals surface area contributed by atoms with Crippen LogP contribution in [0, 0.1) is 12.8 Å². The molecule has 1 saturated heterocycles. The van der Waals surface area contributed by atoms with Crippen molar-refractivity contribution >= 4 is 38.9 Å². The van der Waals surface area contributed by atoms with E-state index in [1.165, 1.54) is 10.4 Å². The van der Waals surface area contributed by atoms with E-state index < -0.39 is 16.1 Å². The summed E-state index contributed by atoms with van der Waals surface area (Å²) in [5, 5.41) is 7.64. The van der Waals surface area contributed by atoms with Crippen LogP contribution in [0.4, 0.5) is 5.69 Å². The van der Waals surface area contributed by atoms with Crippen molar-refractivity contribution in [2.75, 3.05) is 18.4 Å². The van der Waals surface area contributed by atoms with E-state index in [0.29, 0.717) is 36.4 Å². The van der Waals surface area contributed by atoms with Crippen molar-refractivity contribution in [3.63, 3.8) is 0 Å². The SMILES string of the molecule is Cc1cc2c(cc1S(=O)(=O)N1CCC(C(=O)NCc3cccs3)CC1)O[C@@H](C)C(=O)N2. The van der Waals surface area contributed by atoms with Gasteiger partial charge < -0.3 is 15.4 Å². The van der Waals surface area contributed by atoms with Gasteiger partial charge in [0.1, 0.15) is 5.75 Å². The minimum Gasteiger partial charge on any atom is -0.479 e. The van der Waals surface area contributed by atoms with Gasteiger partial charge in [0.05, 0.1) is 17.1 Å². The van der Waals surface area contributed by atoms with Crippen LogP contribution < -0.4 is 15.4 Å². The number of nitrogens with one attached hydrogen (secondary N) is 2. The predicted octanol–water partition coefficient (Wildman–Crippen LogP) is 2.49. The largest absolute Gasteiger partial charge is 0.479 e. The molecule has 1 fully saturated rings. The lowest BCUT2D eigenvalue weighted by atomic mass is 9.97. The summed E-state index contributed by atoms with van der Waals surface area (Å²) < 4.78 is 33.6. The van der Waals surface area contributed by atoms with Crippen molar-refractivity contribution in [2.45, 2.75) is 44.2 Å². The number of hydrogen-bond donors (Lipinski definition) is 2. The van der Waals surface area contributed by atoms with Crippen molar-refractivity contribution in [3.05, 3.63) is 40.1 Å². The molecule has 1 aromatic carbocycles. The Labute approximate surface area is 185 Å². The van der Waals surface area contributed by atoms with Gasteiger partial charge in [-0.15, -0.1) is 11.3 Å². The lowest BCUT2D eigenvalue weighted by Gasteiger charge is -2.31. The molecule has 4 rings (SSSR count). The lowest BCUT2D eigenvalue weighted by molar-refractivity contribution is -0.126. The Morgan fingerprint density at radius 1 is 1.32 bits per heavy atom. The van der Waals surface area contributed by atoms with Crippen LogP contribution in [0.25, 0.3) is 0 Å². The number of hydrogen-bond acceptors (Lipinski definition) is 6. The molecular formula is C21H25N3O5S2. The fourth-order valence-corrected chi connectivity index (χ4v) is 6.19. The number of carbonyl (C=O) groups is 2. The Hall–Kier alpha value is -2.43. The summed E-state index contributed by atoms with van der Waals surface area (Å²) in [6.45, 7) is 4.37. The Kier molecular flexibility index (Phi) is 6.05. The van der Waals surface area contributed by atoms with Gasteiger partial charge in [0.2, 0.25) is 15.9 Å². The standard InChI is InChI=1S/C21H25N3O5S2/c1-13-10-17-18(29-14(2)20(25)23-17)11-19(13)31(27,28)24-7-5-15(6-8-24)21(26)22-12-16-4-3-9-30-16/h3-4,9-11,14-15H,5-8,12H2,1-2H3,(H,22,26)(H,23,25)/t14-/m0/s1. The molecule has 2 N–H and O–H groups in total. The van der Waals surface area contributed by atoms with Crippen molar-refractivity contribution < 1.29 is 22.7 Å². The molecule has 0 spiro atoms. The maximum atomic E-state index is 13.3. The summed E-state index contributed by atoms with van der Waals surface area (Å²) in [5.74, 6) is -0.148. The third kappa shape index (κ3) is 4.46. The van der Waals surface area contributed by atoms with Gasteiger partial charge in [0, 0.05) is 30.0 Å². The maximum Gasteiger partial charge on any atom is 0.265 e. The van der Waals surface area contributed by atoms with Crippen LogP contribution in [0.2, 0.25) is 0 Å². The Balaban J connectivity index is 1.43. The summed E-state index contributed by atoms with van der Waals surface area (Å²) in [6.07, 6.45) is 0.265. The van der Waals surface area contributed by atoms with Crippen LogP contribution in [-0.2, 0) is 26.2 Å². The van der Waals surface area contributed by atoms with Crippen LogP contribution in [0.3, 0.4) is 0 Å². The molecular weight excluding hydrogens is 438 g/mol. The third-order valence-corrected chi connectivity index (χ3v) is 8.58. The average Bonchev–Trinajstić information content (AvgIpc) is 3.26. The summed E-state index contributed by atoms with van der Waals surface area (Å²) in [7, 11) is -3.74. The minimum atomic E-state index is -3.74. The molecule has 166 valence electrons. The monoisotopic (exact) mass is 463 g/mol. The van der Waals surface area contributed by atoms with Gasteiger partial charge in [-0.2, -0.15) is 4.31 Å². The topological polar surface area (TPSA) is 105 Å². The van der Waals surface area contributed by atoms with Gasteiger partial charge in [-0.05, 0) is 49.8 Å². The van der Waals surface area contributed by atoms with E-state index in [1.807, 2.05) is 17.5 Å². The van der Waals surface area contributed by atoms with E-state index in [9.17, 15) is 18.0 Å². The first-order chi connectivity index (χ1) is 14.8. The highest BCUT2D eigenvalue weighted by Crippen LogP contribution is 2.36. The van der Waals surface area contributed by atoms with Gasteiger partial charge in [0.25, 0.3) is 5.91 Å². The number of sulfonamides is 1. The molecule has 0 radical (unpaired) electrons. The summed E-state index contributed by atoms with van der Waals surface area (Å²) in [6, 6.07) is 7.02. The number of nitrogens with zero attached hydrogens (tertiary/aromatic N) is 1. The van der Waals surface area contributed by atoms with E-state index >= 15 is 0 Å². The number of fused-ring (bicyclic) bond motifs is 1. The normalized spacial score (nSPS) is 19.9. The summed E-state index contributed by atoms with van der Waals surface area (Å²) >= 11 is 1.59. The molecule has 1 atom stereocenters. The van der Waals surface area contributed by atoms with Gasteiger partial charge in [0.15, 0.2) is 6.10 Å². The molecule has 1 aromatic heterocycles. The summed E-state index contributed by atoms with van der Waals surface area (Å²) in [5.41, 5.74) is 1.01. The molecule has 10 heteroatoms. The number of aryl methyl sites for hydroxylation is 1. The smallest absolute Gasteiger partial charge is 0.265 e. The molecule has 0 unspecified atom stereocenters. The minimum absolute atomic E-state index is 0.0338. The fraction of sp³-hybridized carbons (Fsp3) is 0.429. The van der Waals surface area contributed by atoms with Crippen LogP contribution in [0.1, 0.15) is 30.2 Å². The van der Waals surface area contributed by atoms with E-state index in [0.717, 1.165) is 4.88 Å². The quantitative estimate of drug-likeness (QED) is 0.709. The van der Waals surface area contributed by atoms with Gasteiger partial charge in [-0.25, -0.2) is 8.42 Å². The van der Waals surface area contributed by atoms with Crippen molar-refractivity contribution in [3.8, 4) is 5.75 Å². The number of rotatable bonds is 5. The van der Waals surface area contributed by atoms with E-state index in [1.54, 1.807) is 31.3 Å². The van der Waals surface area contributed by atoms with Gasteiger partial charge in [-0.1, -0.05) is 6.07 Å². The molecule has 2 aliphatic heterocycles. The molecule has 2 amide bonds. The number of thiophene rings is 1. The second-order valence-electron chi connectivity index (χ2n) is 7.84. The number of carbonyl (C=O) groups excluding carboxylic acids is 2. The van der Waals surface area contributed by atoms with Gasteiger partial charge in [-0.3, -0.25) is 9.59 Å². The molecule has 2 aromatic rings. The number of anilines is 1. The highest BCUT2D eigenvalue weighted by atomic mass is 32.2. The van der Waals surface area contributed by atoms with Crippen LogP contribution in [0.5, 0.6) is 5.75 Å². The molecule has 0 bridgehead atoms.